The Morgan fingerprint density at radius 1 is 1.30 bits per heavy atom. The molecule has 20 heavy (non-hydrogen) atoms. The molecule has 1 aliphatic rings. The van der Waals surface area contributed by atoms with Crippen LogP contribution in [0.1, 0.15) is 17.9 Å². The number of nitrogens with two attached hydrogens (primary N) is 1. The highest BCUT2D eigenvalue weighted by Crippen LogP contribution is 2.28. The highest BCUT2D eigenvalue weighted by Gasteiger charge is 2.36. The third kappa shape index (κ3) is 3.82. The average molecular weight is 317 g/mol. The lowest BCUT2D eigenvalue weighted by atomic mass is 9.95. The van der Waals surface area contributed by atoms with Crippen LogP contribution in [0.3, 0.4) is 0 Å². The molecule has 0 unspecified atom stereocenters. The molecule has 0 amide bonds. The van der Waals surface area contributed by atoms with E-state index in [0.29, 0.717) is 19.5 Å². The quantitative estimate of drug-likeness (QED) is 0.842. The summed E-state index contributed by atoms with van der Waals surface area (Å²) in [5.41, 5.74) is 7.21. The summed E-state index contributed by atoms with van der Waals surface area (Å²) in [5, 5.41) is 0. The third-order valence-corrected chi connectivity index (χ3v) is 5.37. The van der Waals surface area contributed by atoms with Gasteiger partial charge in [-0.25, -0.2) is 8.42 Å². The van der Waals surface area contributed by atoms with Crippen LogP contribution in [-0.4, -0.2) is 37.6 Å². The molecule has 2 N–H and O–H groups in total. The first-order valence-corrected chi connectivity index (χ1v) is 8.05. The second-order valence-corrected chi connectivity index (χ2v) is 6.98. The molecule has 2 rings (SSSR count). The summed E-state index contributed by atoms with van der Waals surface area (Å²) in [6.45, 7) is 4.44. The van der Waals surface area contributed by atoms with Gasteiger partial charge in [-0.05, 0) is 12.0 Å². The second kappa shape index (κ2) is 7.22. The lowest BCUT2D eigenvalue weighted by Crippen LogP contribution is -2.33. The van der Waals surface area contributed by atoms with Crippen LogP contribution in [0, 0.1) is 0 Å². The zero-order valence-corrected chi connectivity index (χ0v) is 12.9. The number of halogens is 1. The van der Waals surface area contributed by atoms with Gasteiger partial charge in [0.2, 0.25) is 10.0 Å². The first-order valence-electron chi connectivity index (χ1n) is 6.44. The minimum atomic E-state index is -3.21. The molecule has 6 heteroatoms. The van der Waals surface area contributed by atoms with Gasteiger partial charge >= 0.3 is 0 Å². The Kier molecular flexibility index (Phi) is 6.20. The highest BCUT2D eigenvalue weighted by atomic mass is 35.5. The smallest absolute Gasteiger partial charge is 0.214 e. The summed E-state index contributed by atoms with van der Waals surface area (Å²) in [6, 6.07) is 9.73. The number of nitrogens with zero attached hydrogens (tertiary/aromatic N) is 1. The van der Waals surface area contributed by atoms with E-state index in [1.807, 2.05) is 30.3 Å². The lowest BCUT2D eigenvalue weighted by molar-refractivity contribution is 0.470. The van der Waals surface area contributed by atoms with Crippen molar-refractivity contribution in [3.63, 3.8) is 0 Å². The molecular formula is C14H21ClN2O2S. The molecular weight excluding hydrogens is 296 g/mol. The zero-order chi connectivity index (χ0) is 13.9. The van der Waals surface area contributed by atoms with Gasteiger partial charge in [0.1, 0.15) is 0 Å². The molecule has 1 aromatic rings. The largest absolute Gasteiger partial charge is 0.326 e. The van der Waals surface area contributed by atoms with Crippen molar-refractivity contribution < 1.29 is 8.42 Å². The molecule has 1 aliphatic heterocycles. The normalized spacial score (nSPS) is 23.2. The van der Waals surface area contributed by atoms with Gasteiger partial charge in [-0.2, -0.15) is 4.31 Å². The number of allylic oxidation sites excluding steroid dienone is 1. The first kappa shape index (κ1) is 17.2. The Labute approximate surface area is 127 Å². The van der Waals surface area contributed by atoms with Crippen molar-refractivity contribution in [3.05, 3.63) is 48.6 Å². The van der Waals surface area contributed by atoms with E-state index in [9.17, 15) is 8.42 Å². The van der Waals surface area contributed by atoms with Crippen LogP contribution in [0.5, 0.6) is 0 Å². The molecule has 2 atom stereocenters. The Morgan fingerprint density at radius 3 is 2.55 bits per heavy atom. The van der Waals surface area contributed by atoms with Crippen LogP contribution in [0.25, 0.3) is 0 Å². The molecule has 0 spiro atoms. The van der Waals surface area contributed by atoms with Gasteiger partial charge in [0.15, 0.2) is 0 Å². The van der Waals surface area contributed by atoms with Crippen LogP contribution in [0.4, 0.5) is 0 Å². The number of benzene rings is 1. The van der Waals surface area contributed by atoms with E-state index in [1.165, 1.54) is 4.31 Å². The Hall–Kier alpha value is -0.880. The van der Waals surface area contributed by atoms with Gasteiger partial charge < -0.3 is 5.73 Å². The predicted molar refractivity (Wildman–Crippen MR) is 84.6 cm³/mol. The molecule has 0 saturated carbocycles. The van der Waals surface area contributed by atoms with Gasteiger partial charge in [0.25, 0.3) is 0 Å². The van der Waals surface area contributed by atoms with Crippen molar-refractivity contribution in [2.45, 2.75) is 18.4 Å². The maximum absolute atomic E-state index is 12.1. The Bertz CT molecular complexity index is 533. The fraction of sp³-hybridized carbons (Fsp3) is 0.429. The summed E-state index contributed by atoms with van der Waals surface area (Å²) in [6.07, 6.45) is 2.10. The molecule has 0 aromatic heterocycles. The molecule has 112 valence electrons. The number of hydrogen-bond acceptors (Lipinski definition) is 3. The molecule has 0 bridgehead atoms. The maximum Gasteiger partial charge on any atom is 0.214 e. The van der Waals surface area contributed by atoms with Gasteiger partial charge in [0, 0.05) is 25.0 Å². The lowest BCUT2D eigenvalue weighted by Gasteiger charge is -2.16. The van der Waals surface area contributed by atoms with Crippen molar-refractivity contribution in [2.75, 3.05) is 18.8 Å². The van der Waals surface area contributed by atoms with Gasteiger partial charge in [0.05, 0.1) is 5.75 Å². The minimum absolute atomic E-state index is 0. The maximum atomic E-state index is 12.1. The van der Waals surface area contributed by atoms with Crippen molar-refractivity contribution >= 4 is 22.4 Å². The monoisotopic (exact) mass is 316 g/mol. The molecule has 1 saturated heterocycles. The van der Waals surface area contributed by atoms with Crippen LogP contribution >= 0.6 is 12.4 Å². The number of hydrogen-bond donors (Lipinski definition) is 1. The molecule has 0 radical (unpaired) electrons. The minimum Gasteiger partial charge on any atom is -0.326 e. The summed E-state index contributed by atoms with van der Waals surface area (Å²) in [4.78, 5) is 0. The fourth-order valence-corrected chi connectivity index (χ4v) is 3.94. The fourth-order valence-electron chi connectivity index (χ4n) is 2.43. The van der Waals surface area contributed by atoms with E-state index in [1.54, 1.807) is 6.08 Å². The van der Waals surface area contributed by atoms with E-state index in [4.69, 9.17) is 5.73 Å². The molecule has 1 heterocycles. The summed E-state index contributed by atoms with van der Waals surface area (Å²) >= 11 is 0. The Morgan fingerprint density at radius 2 is 1.95 bits per heavy atom. The van der Waals surface area contributed by atoms with Crippen LogP contribution < -0.4 is 5.73 Å². The zero-order valence-electron chi connectivity index (χ0n) is 11.3. The van der Waals surface area contributed by atoms with Crippen LogP contribution in [0.2, 0.25) is 0 Å². The summed E-state index contributed by atoms with van der Waals surface area (Å²) < 4.78 is 25.8. The van der Waals surface area contributed by atoms with E-state index >= 15 is 0 Å². The van der Waals surface area contributed by atoms with Crippen molar-refractivity contribution in [1.82, 2.24) is 4.31 Å². The van der Waals surface area contributed by atoms with E-state index in [2.05, 4.69) is 6.58 Å². The average Bonchev–Trinajstić information content (AvgIpc) is 2.80. The molecule has 1 aromatic carbocycles. The van der Waals surface area contributed by atoms with E-state index < -0.39 is 10.0 Å². The number of rotatable bonds is 5. The third-order valence-electron chi connectivity index (χ3n) is 3.53. The standard InChI is InChI=1S/C14H20N2O2S.ClH/c1-2-3-9-19(17,18)16-10-13(14(15)11-16)12-7-5-4-6-8-12;/h2,4-8,13-14H,1,3,9-11,15H2;1H/t13-,14+;/m0./s1. The van der Waals surface area contributed by atoms with Gasteiger partial charge in [-0.1, -0.05) is 36.4 Å². The summed E-state index contributed by atoms with van der Waals surface area (Å²) in [5.74, 6) is 0.199. The highest BCUT2D eigenvalue weighted by molar-refractivity contribution is 7.89. The molecule has 0 aliphatic carbocycles. The van der Waals surface area contributed by atoms with Crippen LogP contribution in [-0.2, 0) is 10.0 Å². The second-order valence-electron chi connectivity index (χ2n) is 4.89. The predicted octanol–water partition coefficient (Wildman–Crippen LogP) is 1.74. The van der Waals surface area contributed by atoms with E-state index in [-0.39, 0.29) is 30.1 Å². The van der Waals surface area contributed by atoms with Crippen molar-refractivity contribution in [3.8, 4) is 0 Å². The molecule has 1 fully saturated rings. The molecule has 4 nitrogen and oxygen atoms in total. The SMILES string of the molecule is C=CCCS(=O)(=O)N1C[C@@H](N)[C@H](c2ccccc2)C1.Cl. The van der Waals surface area contributed by atoms with Crippen molar-refractivity contribution in [2.24, 2.45) is 5.73 Å². The van der Waals surface area contributed by atoms with Gasteiger partial charge in [-0.3, -0.25) is 0 Å². The summed E-state index contributed by atoms with van der Waals surface area (Å²) in [7, 11) is -3.21. The van der Waals surface area contributed by atoms with Crippen LogP contribution in [0.15, 0.2) is 43.0 Å². The van der Waals surface area contributed by atoms with Crippen molar-refractivity contribution in [1.29, 1.82) is 0 Å². The Balaban J connectivity index is 0.00000200. The first-order chi connectivity index (χ1) is 9.04. The van der Waals surface area contributed by atoms with E-state index in [0.717, 1.165) is 5.56 Å². The topological polar surface area (TPSA) is 63.4 Å². The van der Waals surface area contributed by atoms with Gasteiger partial charge in [-0.15, -0.1) is 19.0 Å². The number of sulfonamides is 1.